The van der Waals surface area contributed by atoms with Crippen LogP contribution in [0.2, 0.25) is 0 Å². The lowest BCUT2D eigenvalue weighted by Gasteiger charge is -2.17. The van der Waals surface area contributed by atoms with Crippen molar-refractivity contribution in [1.82, 2.24) is 5.32 Å². The minimum absolute atomic E-state index is 0.152. The Balaban J connectivity index is 1.48. The molecule has 0 radical (unpaired) electrons. The van der Waals surface area contributed by atoms with Gasteiger partial charge in [-0.05, 0) is 34.5 Å². The van der Waals surface area contributed by atoms with Gasteiger partial charge in [0, 0.05) is 16.7 Å². The Kier molecular flexibility index (Phi) is 5.72. The van der Waals surface area contributed by atoms with Gasteiger partial charge < -0.3 is 14.5 Å². The van der Waals surface area contributed by atoms with Gasteiger partial charge in [-0.1, -0.05) is 48.5 Å². The second-order valence-electron chi connectivity index (χ2n) is 6.56. The monoisotopic (exact) mass is 405 g/mol. The molecule has 0 saturated heterocycles. The van der Waals surface area contributed by atoms with Gasteiger partial charge in [0.05, 0.1) is 6.26 Å². The number of ether oxygens (including phenoxy) is 1. The zero-order valence-corrected chi connectivity index (χ0v) is 16.4. The van der Waals surface area contributed by atoms with E-state index in [4.69, 9.17) is 9.15 Å². The summed E-state index contributed by atoms with van der Waals surface area (Å²) < 4.78 is 11.8. The molecule has 6 heteroatoms. The molecule has 2 heterocycles. The third kappa shape index (κ3) is 4.55. The molecule has 0 fully saturated rings. The number of esters is 1. The van der Waals surface area contributed by atoms with Crippen molar-refractivity contribution in [3.63, 3.8) is 0 Å². The first-order valence-electron chi connectivity index (χ1n) is 9.21. The van der Waals surface area contributed by atoms with E-state index < -0.39 is 17.9 Å². The Morgan fingerprint density at radius 2 is 1.79 bits per heavy atom. The molecule has 29 heavy (non-hydrogen) atoms. The SMILES string of the molecule is O=C(N[C@@H](Cc1ccccc1)C(=O)OCc1csc2ccccc12)c1ccco1. The van der Waals surface area contributed by atoms with E-state index in [9.17, 15) is 9.59 Å². The number of hydrogen-bond donors (Lipinski definition) is 1. The smallest absolute Gasteiger partial charge is 0.329 e. The number of rotatable bonds is 7. The van der Waals surface area contributed by atoms with Crippen molar-refractivity contribution in [1.29, 1.82) is 0 Å². The molecular weight excluding hydrogens is 386 g/mol. The Labute approximate surface area is 171 Å². The van der Waals surface area contributed by atoms with Gasteiger partial charge in [-0.2, -0.15) is 0 Å². The lowest BCUT2D eigenvalue weighted by atomic mass is 10.1. The fourth-order valence-corrected chi connectivity index (χ4v) is 4.02. The lowest BCUT2D eigenvalue weighted by Crippen LogP contribution is -2.43. The summed E-state index contributed by atoms with van der Waals surface area (Å²) in [5.41, 5.74) is 1.88. The summed E-state index contributed by atoms with van der Waals surface area (Å²) in [6.07, 6.45) is 1.75. The molecule has 4 aromatic rings. The molecule has 5 nitrogen and oxygen atoms in total. The standard InChI is InChI=1S/C23H19NO4S/c25-22(20-10-6-12-27-20)24-19(13-16-7-2-1-3-8-16)23(26)28-14-17-15-29-21-11-5-4-9-18(17)21/h1-12,15,19H,13-14H2,(H,24,25)/t19-/m0/s1. The van der Waals surface area contributed by atoms with E-state index in [2.05, 4.69) is 5.32 Å². The molecule has 2 aromatic heterocycles. The summed E-state index contributed by atoms with van der Waals surface area (Å²) in [6, 6.07) is 19.8. The fourth-order valence-electron chi connectivity index (χ4n) is 3.07. The Morgan fingerprint density at radius 1 is 1.00 bits per heavy atom. The topological polar surface area (TPSA) is 68.5 Å². The number of fused-ring (bicyclic) bond motifs is 1. The molecule has 1 amide bonds. The first-order valence-corrected chi connectivity index (χ1v) is 10.1. The number of furan rings is 1. The summed E-state index contributed by atoms with van der Waals surface area (Å²) in [6.45, 7) is 0.157. The Morgan fingerprint density at radius 3 is 2.59 bits per heavy atom. The summed E-state index contributed by atoms with van der Waals surface area (Å²) in [4.78, 5) is 25.2. The number of carbonyl (C=O) groups is 2. The second kappa shape index (κ2) is 8.75. The van der Waals surface area contributed by atoms with Crippen molar-refractivity contribution in [3.05, 3.63) is 95.3 Å². The predicted molar refractivity (Wildman–Crippen MR) is 112 cm³/mol. The highest BCUT2D eigenvalue weighted by Gasteiger charge is 2.24. The maximum absolute atomic E-state index is 12.8. The summed E-state index contributed by atoms with van der Waals surface area (Å²) in [5.74, 6) is -0.780. The minimum atomic E-state index is -0.820. The van der Waals surface area contributed by atoms with E-state index in [1.165, 1.54) is 6.26 Å². The maximum atomic E-state index is 12.8. The van der Waals surface area contributed by atoms with Crippen LogP contribution in [0.1, 0.15) is 21.7 Å². The van der Waals surface area contributed by atoms with E-state index in [0.717, 1.165) is 21.2 Å². The molecule has 4 rings (SSSR count). The van der Waals surface area contributed by atoms with Crippen LogP contribution in [0, 0.1) is 0 Å². The van der Waals surface area contributed by atoms with E-state index in [1.54, 1.807) is 23.5 Å². The van der Waals surface area contributed by atoms with Crippen LogP contribution in [0.15, 0.2) is 82.8 Å². The largest absolute Gasteiger partial charge is 0.459 e. The molecule has 1 N–H and O–H groups in total. The molecule has 1 atom stereocenters. The van der Waals surface area contributed by atoms with Gasteiger partial charge in [0.2, 0.25) is 0 Å². The highest BCUT2D eigenvalue weighted by molar-refractivity contribution is 7.17. The number of thiophene rings is 1. The van der Waals surface area contributed by atoms with Crippen LogP contribution < -0.4 is 5.32 Å². The van der Waals surface area contributed by atoms with Crippen molar-refractivity contribution >= 4 is 33.3 Å². The van der Waals surface area contributed by atoms with Crippen molar-refractivity contribution in [2.45, 2.75) is 19.1 Å². The average Bonchev–Trinajstić information content (AvgIpc) is 3.42. The van der Waals surface area contributed by atoms with Crippen LogP contribution in [0.5, 0.6) is 0 Å². The van der Waals surface area contributed by atoms with E-state index in [0.29, 0.717) is 6.42 Å². The van der Waals surface area contributed by atoms with Crippen molar-refractivity contribution in [2.24, 2.45) is 0 Å². The summed E-state index contributed by atoms with van der Waals surface area (Å²) in [5, 5.41) is 5.80. The van der Waals surface area contributed by atoms with E-state index in [-0.39, 0.29) is 12.4 Å². The fraction of sp³-hybridized carbons (Fsp3) is 0.130. The molecule has 0 unspecified atom stereocenters. The third-order valence-corrected chi connectivity index (χ3v) is 5.56. The summed E-state index contributed by atoms with van der Waals surface area (Å²) in [7, 11) is 0. The Bertz CT molecular complexity index is 1100. The van der Waals surface area contributed by atoms with E-state index in [1.807, 2.05) is 60.0 Å². The predicted octanol–water partition coefficient (Wildman–Crippen LogP) is 4.58. The van der Waals surface area contributed by atoms with Crippen LogP contribution in [0.25, 0.3) is 10.1 Å². The number of carbonyl (C=O) groups excluding carboxylic acids is 2. The maximum Gasteiger partial charge on any atom is 0.329 e. The van der Waals surface area contributed by atoms with Crippen LogP contribution in [0.4, 0.5) is 0 Å². The van der Waals surface area contributed by atoms with Crippen molar-refractivity contribution < 1.29 is 18.7 Å². The molecular formula is C23H19NO4S. The van der Waals surface area contributed by atoms with Crippen molar-refractivity contribution in [3.8, 4) is 0 Å². The molecule has 0 aliphatic carbocycles. The normalized spacial score (nSPS) is 11.9. The van der Waals surface area contributed by atoms with Gasteiger partial charge in [-0.3, -0.25) is 4.79 Å². The zero-order chi connectivity index (χ0) is 20.1. The molecule has 0 aliphatic rings. The second-order valence-corrected chi connectivity index (χ2v) is 7.47. The first-order chi connectivity index (χ1) is 14.2. The first kappa shape index (κ1) is 19.0. The summed E-state index contributed by atoms with van der Waals surface area (Å²) >= 11 is 1.61. The lowest BCUT2D eigenvalue weighted by molar-refractivity contribution is -0.147. The molecule has 0 aliphatic heterocycles. The van der Waals surface area contributed by atoms with Crippen LogP contribution in [0.3, 0.4) is 0 Å². The van der Waals surface area contributed by atoms with Crippen LogP contribution in [-0.4, -0.2) is 17.9 Å². The highest BCUT2D eigenvalue weighted by Crippen LogP contribution is 2.26. The minimum Gasteiger partial charge on any atom is -0.459 e. The van der Waals surface area contributed by atoms with Gasteiger partial charge in [-0.15, -0.1) is 11.3 Å². The molecule has 146 valence electrons. The quantitative estimate of drug-likeness (QED) is 0.457. The zero-order valence-electron chi connectivity index (χ0n) is 15.5. The average molecular weight is 405 g/mol. The van der Waals surface area contributed by atoms with Gasteiger partial charge >= 0.3 is 5.97 Å². The molecule has 2 aromatic carbocycles. The number of benzene rings is 2. The molecule has 0 saturated carbocycles. The van der Waals surface area contributed by atoms with Crippen LogP contribution in [-0.2, 0) is 22.6 Å². The van der Waals surface area contributed by atoms with Gasteiger partial charge in [0.15, 0.2) is 5.76 Å². The van der Waals surface area contributed by atoms with Gasteiger partial charge in [-0.25, -0.2) is 4.79 Å². The van der Waals surface area contributed by atoms with Gasteiger partial charge in [0.1, 0.15) is 12.6 Å². The number of hydrogen-bond acceptors (Lipinski definition) is 5. The molecule has 0 bridgehead atoms. The van der Waals surface area contributed by atoms with Crippen molar-refractivity contribution in [2.75, 3.05) is 0 Å². The van der Waals surface area contributed by atoms with E-state index >= 15 is 0 Å². The van der Waals surface area contributed by atoms with Gasteiger partial charge in [0.25, 0.3) is 5.91 Å². The molecule has 0 spiro atoms. The number of amides is 1. The van der Waals surface area contributed by atoms with Crippen LogP contribution >= 0.6 is 11.3 Å². The third-order valence-electron chi connectivity index (χ3n) is 4.55. The highest BCUT2D eigenvalue weighted by atomic mass is 32.1. The Hall–Kier alpha value is -3.38. The number of nitrogens with one attached hydrogen (secondary N) is 1.